The number of hydrogen-bond donors (Lipinski definition) is 1. The Hall–Kier alpha value is -1.30. The smallest absolute Gasteiger partial charge is 0.239 e. The van der Waals surface area contributed by atoms with Crippen molar-refractivity contribution >= 4 is 11.9 Å². The van der Waals surface area contributed by atoms with Crippen molar-refractivity contribution < 1.29 is 4.79 Å². The molecule has 2 saturated heterocycles. The van der Waals surface area contributed by atoms with Gasteiger partial charge in [-0.3, -0.25) is 14.7 Å². The van der Waals surface area contributed by atoms with E-state index in [0.29, 0.717) is 11.3 Å². The second kappa shape index (κ2) is 10.3. The van der Waals surface area contributed by atoms with Crippen LogP contribution in [0.1, 0.15) is 59.8 Å². The predicted molar refractivity (Wildman–Crippen MR) is 113 cm³/mol. The summed E-state index contributed by atoms with van der Waals surface area (Å²) in [5.41, 5.74) is 0.418. The number of aliphatic imine (C=N–C) groups is 1. The largest absolute Gasteiger partial charge is 0.356 e. The molecule has 1 N–H and O–H groups in total. The summed E-state index contributed by atoms with van der Waals surface area (Å²) in [5.74, 6) is 1.31. The highest BCUT2D eigenvalue weighted by Crippen LogP contribution is 2.21. The Morgan fingerprint density at radius 3 is 2.19 bits per heavy atom. The first-order valence-electron chi connectivity index (χ1n) is 10.8. The number of nitrogens with one attached hydrogen (secondary N) is 1. The Kier molecular flexibility index (Phi) is 8.39. The monoisotopic (exact) mass is 379 g/mol. The quantitative estimate of drug-likeness (QED) is 0.437. The third kappa shape index (κ3) is 6.98. The average molecular weight is 380 g/mol. The average Bonchev–Trinajstić information content (AvgIpc) is 3.17. The SMILES string of the molecule is CN=C(NCCCCC(C)(C)C)N1CCN(C(C)C(=O)N2CCCC2)CC1. The lowest BCUT2D eigenvalue weighted by Crippen LogP contribution is -2.57. The van der Waals surface area contributed by atoms with Crippen LogP contribution in [0.4, 0.5) is 0 Å². The maximum Gasteiger partial charge on any atom is 0.239 e. The number of nitrogens with zero attached hydrogens (tertiary/aromatic N) is 4. The molecule has 1 amide bonds. The van der Waals surface area contributed by atoms with Crippen LogP contribution in [0.2, 0.25) is 0 Å². The lowest BCUT2D eigenvalue weighted by Gasteiger charge is -2.39. The lowest BCUT2D eigenvalue weighted by molar-refractivity contribution is -0.135. The molecular weight excluding hydrogens is 338 g/mol. The zero-order valence-electron chi connectivity index (χ0n) is 18.3. The highest BCUT2D eigenvalue weighted by atomic mass is 16.2. The summed E-state index contributed by atoms with van der Waals surface area (Å²) in [6.45, 7) is 15.5. The molecule has 2 fully saturated rings. The third-order valence-corrected chi connectivity index (χ3v) is 5.79. The number of unbranched alkanes of at least 4 members (excludes halogenated alkanes) is 1. The van der Waals surface area contributed by atoms with E-state index in [1.54, 1.807) is 0 Å². The Balaban J connectivity index is 1.70. The van der Waals surface area contributed by atoms with Crippen molar-refractivity contribution in [3.05, 3.63) is 0 Å². The van der Waals surface area contributed by atoms with E-state index in [1.165, 1.54) is 19.3 Å². The Bertz CT molecular complexity index is 485. The molecule has 0 spiro atoms. The summed E-state index contributed by atoms with van der Waals surface area (Å²) in [4.78, 5) is 23.8. The first-order chi connectivity index (χ1) is 12.8. The third-order valence-electron chi connectivity index (χ3n) is 5.79. The molecule has 156 valence electrons. The van der Waals surface area contributed by atoms with E-state index in [4.69, 9.17) is 0 Å². The van der Waals surface area contributed by atoms with Gasteiger partial charge in [0, 0.05) is 52.9 Å². The molecule has 0 aromatic rings. The summed E-state index contributed by atoms with van der Waals surface area (Å²) < 4.78 is 0. The molecule has 2 heterocycles. The van der Waals surface area contributed by atoms with Crippen molar-refractivity contribution in [1.29, 1.82) is 0 Å². The van der Waals surface area contributed by atoms with Gasteiger partial charge in [-0.25, -0.2) is 0 Å². The number of hydrogen-bond acceptors (Lipinski definition) is 3. The number of rotatable bonds is 6. The number of guanidine groups is 1. The zero-order chi connectivity index (χ0) is 19.9. The molecule has 27 heavy (non-hydrogen) atoms. The second-order valence-electron chi connectivity index (χ2n) is 9.22. The van der Waals surface area contributed by atoms with Crippen LogP contribution in [0.15, 0.2) is 4.99 Å². The fraction of sp³-hybridized carbons (Fsp3) is 0.905. The van der Waals surface area contributed by atoms with Gasteiger partial charge in [0.1, 0.15) is 0 Å². The highest BCUT2D eigenvalue weighted by Gasteiger charge is 2.30. The molecule has 0 aliphatic carbocycles. The molecule has 0 radical (unpaired) electrons. The van der Waals surface area contributed by atoms with Crippen molar-refractivity contribution in [3.8, 4) is 0 Å². The molecule has 2 aliphatic rings. The van der Waals surface area contributed by atoms with Gasteiger partial charge in [0.25, 0.3) is 0 Å². The fourth-order valence-electron chi connectivity index (χ4n) is 3.99. The van der Waals surface area contributed by atoms with Gasteiger partial charge in [-0.2, -0.15) is 0 Å². The van der Waals surface area contributed by atoms with E-state index >= 15 is 0 Å². The van der Waals surface area contributed by atoms with E-state index < -0.39 is 0 Å². The minimum Gasteiger partial charge on any atom is -0.356 e. The Labute approximate surface area is 166 Å². The van der Waals surface area contributed by atoms with Crippen LogP contribution in [0, 0.1) is 5.41 Å². The van der Waals surface area contributed by atoms with Crippen LogP contribution in [-0.2, 0) is 4.79 Å². The molecule has 0 aromatic heterocycles. The van der Waals surface area contributed by atoms with Crippen LogP contribution < -0.4 is 5.32 Å². The van der Waals surface area contributed by atoms with E-state index in [0.717, 1.165) is 64.6 Å². The molecular formula is C21H41N5O. The zero-order valence-corrected chi connectivity index (χ0v) is 18.3. The normalized spacial score (nSPS) is 20.9. The number of carbonyl (C=O) groups excluding carboxylic acids is 1. The van der Waals surface area contributed by atoms with Gasteiger partial charge in [-0.05, 0) is 38.0 Å². The van der Waals surface area contributed by atoms with Crippen LogP contribution in [-0.4, -0.2) is 85.5 Å². The Morgan fingerprint density at radius 2 is 1.63 bits per heavy atom. The fourth-order valence-corrected chi connectivity index (χ4v) is 3.99. The number of piperazine rings is 1. The molecule has 2 rings (SSSR count). The van der Waals surface area contributed by atoms with Crippen molar-refractivity contribution in [2.24, 2.45) is 10.4 Å². The van der Waals surface area contributed by atoms with Gasteiger partial charge < -0.3 is 15.1 Å². The summed E-state index contributed by atoms with van der Waals surface area (Å²) >= 11 is 0. The number of amides is 1. The van der Waals surface area contributed by atoms with E-state index in [2.05, 4.69) is 47.8 Å². The van der Waals surface area contributed by atoms with Gasteiger partial charge >= 0.3 is 0 Å². The summed E-state index contributed by atoms with van der Waals surface area (Å²) in [6.07, 6.45) is 6.00. The van der Waals surface area contributed by atoms with Crippen molar-refractivity contribution in [1.82, 2.24) is 20.0 Å². The lowest BCUT2D eigenvalue weighted by atomic mass is 9.90. The molecule has 0 aromatic carbocycles. The van der Waals surface area contributed by atoms with Crippen LogP contribution in [0.5, 0.6) is 0 Å². The number of likely N-dealkylation sites (tertiary alicyclic amines) is 1. The van der Waals surface area contributed by atoms with E-state index in [1.807, 2.05) is 11.9 Å². The maximum absolute atomic E-state index is 12.6. The van der Waals surface area contributed by atoms with Gasteiger partial charge in [-0.1, -0.05) is 27.2 Å². The van der Waals surface area contributed by atoms with Crippen molar-refractivity contribution in [3.63, 3.8) is 0 Å². The molecule has 2 aliphatic heterocycles. The second-order valence-corrected chi connectivity index (χ2v) is 9.22. The Morgan fingerprint density at radius 1 is 1.00 bits per heavy atom. The molecule has 1 unspecified atom stereocenters. The van der Waals surface area contributed by atoms with Crippen molar-refractivity contribution in [2.75, 3.05) is 52.9 Å². The minimum absolute atomic E-state index is 0.00220. The van der Waals surface area contributed by atoms with E-state index in [9.17, 15) is 4.79 Å². The molecule has 6 nitrogen and oxygen atoms in total. The van der Waals surface area contributed by atoms with Crippen LogP contribution >= 0.6 is 0 Å². The first kappa shape index (κ1) is 22.0. The van der Waals surface area contributed by atoms with Crippen LogP contribution in [0.25, 0.3) is 0 Å². The minimum atomic E-state index is -0.00220. The highest BCUT2D eigenvalue weighted by molar-refractivity contribution is 5.82. The van der Waals surface area contributed by atoms with Crippen LogP contribution in [0.3, 0.4) is 0 Å². The standard InChI is InChI=1S/C21H41N5O/c1-18(19(27)25-12-8-9-13-25)24-14-16-26(17-15-24)20(22-5)23-11-7-6-10-21(2,3)4/h18H,6-17H2,1-5H3,(H,22,23). The van der Waals surface area contributed by atoms with E-state index in [-0.39, 0.29) is 6.04 Å². The summed E-state index contributed by atoms with van der Waals surface area (Å²) in [5, 5.41) is 3.52. The first-order valence-corrected chi connectivity index (χ1v) is 10.8. The van der Waals surface area contributed by atoms with Gasteiger partial charge in [0.2, 0.25) is 5.91 Å². The van der Waals surface area contributed by atoms with Crippen molar-refractivity contribution in [2.45, 2.75) is 65.8 Å². The van der Waals surface area contributed by atoms with Gasteiger partial charge in [0.05, 0.1) is 6.04 Å². The molecule has 1 atom stereocenters. The molecule has 0 saturated carbocycles. The molecule has 6 heteroatoms. The topological polar surface area (TPSA) is 51.2 Å². The summed E-state index contributed by atoms with van der Waals surface area (Å²) in [7, 11) is 1.86. The number of carbonyl (C=O) groups is 1. The summed E-state index contributed by atoms with van der Waals surface area (Å²) in [6, 6.07) is -0.00220. The predicted octanol–water partition coefficient (Wildman–Crippen LogP) is 2.41. The maximum atomic E-state index is 12.6. The molecule has 0 bridgehead atoms. The van der Waals surface area contributed by atoms with Gasteiger partial charge in [-0.15, -0.1) is 0 Å². The van der Waals surface area contributed by atoms with Gasteiger partial charge in [0.15, 0.2) is 5.96 Å².